The minimum Gasteiger partial charge on any atom is -0.380 e. The fourth-order valence-electron chi connectivity index (χ4n) is 0.374. The van der Waals surface area contributed by atoms with E-state index in [1.807, 2.05) is 0 Å². The Kier molecular flexibility index (Phi) is 5.88. The minimum atomic E-state index is 0.661. The first-order chi connectivity index (χ1) is 3.77. The van der Waals surface area contributed by atoms with Crippen molar-refractivity contribution >= 4 is 15.9 Å². The Morgan fingerprint density at radius 1 is 1.50 bits per heavy atom. The van der Waals surface area contributed by atoms with Crippen molar-refractivity contribution in [1.82, 2.24) is 0 Å². The van der Waals surface area contributed by atoms with Crippen molar-refractivity contribution in [3.8, 4) is 0 Å². The second kappa shape index (κ2) is 5.57. The number of alkyl halides is 1. The molecule has 0 aromatic rings. The average molecular weight is 181 g/mol. The van der Waals surface area contributed by atoms with Crippen LogP contribution in [0.4, 0.5) is 0 Å². The normalized spacial score (nSPS) is 10.5. The van der Waals surface area contributed by atoms with Crippen molar-refractivity contribution in [2.45, 2.75) is 13.8 Å². The Hall–Kier alpha value is 0.440. The van der Waals surface area contributed by atoms with Gasteiger partial charge in [0, 0.05) is 11.9 Å². The van der Waals surface area contributed by atoms with Gasteiger partial charge in [-0.3, -0.25) is 0 Å². The zero-order chi connectivity index (χ0) is 6.41. The van der Waals surface area contributed by atoms with Crippen molar-refractivity contribution in [1.29, 1.82) is 0 Å². The molecule has 0 bridgehead atoms. The first-order valence-corrected chi connectivity index (χ1v) is 4.03. The summed E-state index contributed by atoms with van der Waals surface area (Å²) in [6, 6.07) is 0. The number of rotatable bonds is 4. The highest BCUT2D eigenvalue weighted by molar-refractivity contribution is 9.09. The van der Waals surface area contributed by atoms with Crippen molar-refractivity contribution in [2.75, 3.05) is 18.5 Å². The highest BCUT2D eigenvalue weighted by Gasteiger charge is 1.90. The molecule has 0 heterocycles. The summed E-state index contributed by atoms with van der Waals surface area (Å²) in [6.45, 7) is 6.01. The van der Waals surface area contributed by atoms with Crippen LogP contribution in [-0.4, -0.2) is 18.5 Å². The van der Waals surface area contributed by atoms with Crippen LogP contribution in [0.2, 0.25) is 0 Å². The van der Waals surface area contributed by atoms with Crippen molar-refractivity contribution in [3.63, 3.8) is 0 Å². The summed E-state index contributed by atoms with van der Waals surface area (Å²) in [5.41, 5.74) is 0. The lowest BCUT2D eigenvalue weighted by atomic mass is 10.2. The molecule has 8 heavy (non-hydrogen) atoms. The van der Waals surface area contributed by atoms with Gasteiger partial charge in [-0.15, -0.1) is 0 Å². The Morgan fingerprint density at radius 3 is 2.50 bits per heavy atom. The summed E-state index contributed by atoms with van der Waals surface area (Å²) in [5.74, 6) is 0.661. The molecule has 0 fully saturated rings. The molecular formula is C6H13BrO. The number of hydrogen-bond donors (Lipinski definition) is 0. The number of ether oxygens (including phenoxy) is 1. The summed E-state index contributed by atoms with van der Waals surface area (Å²) in [7, 11) is 0. The summed E-state index contributed by atoms with van der Waals surface area (Å²) in [6.07, 6.45) is 0. The van der Waals surface area contributed by atoms with Gasteiger partial charge in [-0.2, -0.15) is 0 Å². The predicted octanol–water partition coefficient (Wildman–Crippen LogP) is 2.05. The first kappa shape index (κ1) is 8.44. The Balaban J connectivity index is 2.72. The van der Waals surface area contributed by atoms with E-state index in [-0.39, 0.29) is 0 Å². The molecule has 0 aliphatic heterocycles. The maximum Gasteiger partial charge on any atom is 0.0563 e. The van der Waals surface area contributed by atoms with E-state index in [0.29, 0.717) is 5.92 Å². The van der Waals surface area contributed by atoms with Gasteiger partial charge in [0.15, 0.2) is 0 Å². The third kappa shape index (κ3) is 6.44. The lowest BCUT2D eigenvalue weighted by molar-refractivity contribution is 0.124. The maximum absolute atomic E-state index is 5.20. The van der Waals surface area contributed by atoms with Crippen molar-refractivity contribution in [2.24, 2.45) is 5.92 Å². The van der Waals surface area contributed by atoms with E-state index in [2.05, 4.69) is 29.8 Å². The summed E-state index contributed by atoms with van der Waals surface area (Å²) < 4.78 is 5.20. The third-order valence-corrected chi connectivity index (χ3v) is 0.996. The van der Waals surface area contributed by atoms with Gasteiger partial charge in [0.05, 0.1) is 6.61 Å². The Bertz CT molecular complexity index is 45.8. The van der Waals surface area contributed by atoms with Crippen molar-refractivity contribution < 1.29 is 4.74 Å². The topological polar surface area (TPSA) is 9.23 Å². The molecule has 0 aliphatic rings. The quantitative estimate of drug-likeness (QED) is 0.476. The highest BCUT2D eigenvalue weighted by Crippen LogP contribution is 1.92. The molecular weight excluding hydrogens is 168 g/mol. The van der Waals surface area contributed by atoms with E-state index in [1.165, 1.54) is 0 Å². The molecule has 0 atom stereocenters. The van der Waals surface area contributed by atoms with E-state index in [1.54, 1.807) is 0 Å². The monoisotopic (exact) mass is 180 g/mol. The standard InChI is InChI=1S/C6H13BrO/c1-6(2)5-8-4-3-7/h6H,3-5H2,1-2H3. The summed E-state index contributed by atoms with van der Waals surface area (Å²) >= 11 is 3.27. The lowest BCUT2D eigenvalue weighted by Crippen LogP contribution is -2.03. The summed E-state index contributed by atoms with van der Waals surface area (Å²) in [4.78, 5) is 0. The third-order valence-electron chi connectivity index (χ3n) is 0.673. The highest BCUT2D eigenvalue weighted by atomic mass is 79.9. The molecule has 1 nitrogen and oxygen atoms in total. The molecule has 0 N–H and O–H groups in total. The molecule has 0 saturated carbocycles. The molecule has 0 rings (SSSR count). The van der Waals surface area contributed by atoms with Crippen LogP contribution in [0.15, 0.2) is 0 Å². The van der Waals surface area contributed by atoms with Gasteiger partial charge in [0.2, 0.25) is 0 Å². The van der Waals surface area contributed by atoms with E-state index >= 15 is 0 Å². The Labute approximate surface area is 59.5 Å². The average Bonchev–Trinajstić information content (AvgIpc) is 1.66. The predicted molar refractivity (Wildman–Crippen MR) is 39.5 cm³/mol. The molecule has 0 aromatic heterocycles. The van der Waals surface area contributed by atoms with Gasteiger partial charge < -0.3 is 4.74 Å². The van der Waals surface area contributed by atoms with Crippen LogP contribution in [-0.2, 0) is 4.74 Å². The molecule has 0 unspecified atom stereocenters. The van der Waals surface area contributed by atoms with Gasteiger partial charge in [0.1, 0.15) is 0 Å². The largest absolute Gasteiger partial charge is 0.380 e. The molecule has 50 valence electrons. The van der Waals surface area contributed by atoms with E-state index in [4.69, 9.17) is 4.74 Å². The maximum atomic E-state index is 5.20. The van der Waals surface area contributed by atoms with Gasteiger partial charge >= 0.3 is 0 Å². The fraction of sp³-hybridized carbons (Fsp3) is 1.00. The second-order valence-electron chi connectivity index (χ2n) is 2.16. The van der Waals surface area contributed by atoms with E-state index in [0.717, 1.165) is 18.5 Å². The van der Waals surface area contributed by atoms with Crippen molar-refractivity contribution in [3.05, 3.63) is 0 Å². The molecule has 2 heteroatoms. The lowest BCUT2D eigenvalue weighted by Gasteiger charge is -2.02. The smallest absolute Gasteiger partial charge is 0.0563 e. The van der Waals surface area contributed by atoms with Crippen LogP contribution in [0.3, 0.4) is 0 Å². The van der Waals surface area contributed by atoms with Crippen LogP contribution >= 0.6 is 15.9 Å². The molecule has 0 radical (unpaired) electrons. The summed E-state index contributed by atoms with van der Waals surface area (Å²) in [5, 5.41) is 0.944. The number of halogens is 1. The van der Waals surface area contributed by atoms with Gasteiger partial charge in [-0.05, 0) is 5.92 Å². The molecule has 0 aromatic carbocycles. The van der Waals surface area contributed by atoms with Gasteiger partial charge in [-0.25, -0.2) is 0 Å². The minimum absolute atomic E-state index is 0.661. The van der Waals surface area contributed by atoms with Gasteiger partial charge in [0.25, 0.3) is 0 Å². The SMILES string of the molecule is CC(C)COCCBr. The zero-order valence-electron chi connectivity index (χ0n) is 5.48. The fourth-order valence-corrected chi connectivity index (χ4v) is 0.603. The molecule has 0 saturated heterocycles. The second-order valence-corrected chi connectivity index (χ2v) is 2.95. The van der Waals surface area contributed by atoms with Gasteiger partial charge in [-0.1, -0.05) is 29.8 Å². The molecule has 0 spiro atoms. The zero-order valence-corrected chi connectivity index (χ0v) is 7.07. The number of hydrogen-bond acceptors (Lipinski definition) is 1. The van der Waals surface area contributed by atoms with Crippen LogP contribution < -0.4 is 0 Å². The van der Waals surface area contributed by atoms with Crippen LogP contribution in [0.1, 0.15) is 13.8 Å². The first-order valence-electron chi connectivity index (χ1n) is 2.91. The van der Waals surface area contributed by atoms with E-state index in [9.17, 15) is 0 Å². The van der Waals surface area contributed by atoms with Crippen LogP contribution in [0, 0.1) is 5.92 Å². The van der Waals surface area contributed by atoms with Crippen LogP contribution in [0.5, 0.6) is 0 Å². The Morgan fingerprint density at radius 2 is 2.12 bits per heavy atom. The molecule has 0 aliphatic carbocycles. The molecule has 0 amide bonds. The van der Waals surface area contributed by atoms with E-state index < -0.39 is 0 Å². The van der Waals surface area contributed by atoms with Crippen LogP contribution in [0.25, 0.3) is 0 Å².